The van der Waals surface area contributed by atoms with Crippen LogP contribution >= 0.6 is 0 Å². The Morgan fingerprint density at radius 1 is 1.06 bits per heavy atom. The van der Waals surface area contributed by atoms with Crippen LogP contribution in [0.5, 0.6) is 0 Å². The molecule has 1 amide bonds. The van der Waals surface area contributed by atoms with Crippen LogP contribution in [0.15, 0.2) is 54.6 Å². The molecule has 2 aromatic carbocycles. The van der Waals surface area contributed by atoms with E-state index in [9.17, 15) is 19.5 Å². The van der Waals surface area contributed by atoms with E-state index in [0.717, 1.165) is 11.1 Å². The average molecular weight is 427 g/mol. The van der Waals surface area contributed by atoms with E-state index in [1.54, 1.807) is 26.0 Å². The molecule has 2 atom stereocenters. The summed E-state index contributed by atoms with van der Waals surface area (Å²) in [5, 5.41) is 12.4. The van der Waals surface area contributed by atoms with Gasteiger partial charge in [0.25, 0.3) is 0 Å². The van der Waals surface area contributed by atoms with Crippen LogP contribution in [-0.2, 0) is 25.5 Å². The number of aliphatic carboxylic acids is 1. The molecule has 0 saturated heterocycles. The topological polar surface area (TPSA) is 95.9 Å². The molecule has 0 bridgehead atoms. The van der Waals surface area contributed by atoms with Gasteiger partial charge in [-0.3, -0.25) is 24.6 Å². The quantitative estimate of drug-likeness (QED) is 0.537. The predicted octanol–water partition coefficient (Wildman–Crippen LogP) is 2.96. The van der Waals surface area contributed by atoms with Crippen molar-refractivity contribution in [3.63, 3.8) is 0 Å². The van der Waals surface area contributed by atoms with Gasteiger partial charge in [-0.2, -0.15) is 0 Å². The zero-order valence-electron chi connectivity index (χ0n) is 18.2. The highest BCUT2D eigenvalue weighted by Crippen LogP contribution is 2.20. The Balaban J connectivity index is 2.17. The summed E-state index contributed by atoms with van der Waals surface area (Å²) in [6.07, 6.45) is 1.08. The molecule has 0 aliphatic heterocycles. The Labute approximate surface area is 183 Å². The lowest BCUT2D eigenvalue weighted by Crippen LogP contribution is -2.52. The standard InChI is InChI=1S/C24H30N2O5/c1-4-31-24(30)20(15-14-19-11-6-5-7-12-19)25-18(3)23(29)26(16-22(27)28)21-13-9-8-10-17(21)2/h5-13,18,20,25H,4,14-16H2,1-3H3,(H,27,28). The van der Waals surface area contributed by atoms with Gasteiger partial charge in [0.05, 0.1) is 12.6 Å². The van der Waals surface area contributed by atoms with Crippen LogP contribution in [0.3, 0.4) is 0 Å². The molecular weight excluding hydrogens is 396 g/mol. The third-order valence-corrected chi connectivity index (χ3v) is 4.92. The second-order valence-corrected chi connectivity index (χ2v) is 7.32. The number of hydrogen-bond donors (Lipinski definition) is 2. The van der Waals surface area contributed by atoms with E-state index in [2.05, 4.69) is 5.32 Å². The molecule has 0 heterocycles. The number of esters is 1. The summed E-state index contributed by atoms with van der Waals surface area (Å²) in [4.78, 5) is 38.3. The second kappa shape index (κ2) is 11.9. The van der Waals surface area contributed by atoms with Crippen LogP contribution in [-0.4, -0.2) is 48.2 Å². The number of carboxylic acid groups (broad SMARTS) is 1. The fourth-order valence-corrected chi connectivity index (χ4v) is 3.36. The average Bonchev–Trinajstić information content (AvgIpc) is 2.75. The normalized spacial score (nSPS) is 12.6. The fourth-order valence-electron chi connectivity index (χ4n) is 3.36. The van der Waals surface area contributed by atoms with Crippen LogP contribution < -0.4 is 10.2 Å². The monoisotopic (exact) mass is 426 g/mol. The largest absolute Gasteiger partial charge is 0.480 e. The lowest BCUT2D eigenvalue weighted by Gasteiger charge is -2.28. The first-order valence-electron chi connectivity index (χ1n) is 10.4. The maximum Gasteiger partial charge on any atom is 0.323 e. The number of ether oxygens (including phenoxy) is 1. The van der Waals surface area contributed by atoms with E-state index in [-0.39, 0.29) is 6.61 Å². The number of hydrogen-bond acceptors (Lipinski definition) is 5. The van der Waals surface area contributed by atoms with Crippen LogP contribution in [0.2, 0.25) is 0 Å². The summed E-state index contributed by atoms with van der Waals surface area (Å²) in [7, 11) is 0. The predicted molar refractivity (Wildman–Crippen MR) is 119 cm³/mol. The van der Waals surface area contributed by atoms with Crippen molar-refractivity contribution in [1.82, 2.24) is 5.32 Å². The van der Waals surface area contributed by atoms with Gasteiger partial charge in [-0.15, -0.1) is 0 Å². The molecule has 31 heavy (non-hydrogen) atoms. The zero-order chi connectivity index (χ0) is 22.8. The smallest absolute Gasteiger partial charge is 0.323 e. The molecule has 0 fully saturated rings. The van der Waals surface area contributed by atoms with Crippen molar-refractivity contribution in [3.05, 3.63) is 65.7 Å². The Morgan fingerprint density at radius 3 is 2.32 bits per heavy atom. The minimum atomic E-state index is -1.12. The number of aryl methyl sites for hydroxylation is 2. The third kappa shape index (κ3) is 7.22. The molecule has 0 saturated carbocycles. The molecule has 0 aliphatic rings. The number of carbonyl (C=O) groups excluding carboxylic acids is 2. The molecular formula is C24H30N2O5. The highest BCUT2D eigenvalue weighted by atomic mass is 16.5. The SMILES string of the molecule is CCOC(=O)C(CCc1ccccc1)NC(C)C(=O)N(CC(=O)O)c1ccccc1C. The number of carboxylic acids is 1. The van der Waals surface area contributed by atoms with E-state index in [1.807, 2.05) is 49.4 Å². The summed E-state index contributed by atoms with van der Waals surface area (Å²) >= 11 is 0. The second-order valence-electron chi connectivity index (χ2n) is 7.32. The van der Waals surface area contributed by atoms with Gasteiger partial charge >= 0.3 is 11.9 Å². The molecule has 2 N–H and O–H groups in total. The Bertz CT molecular complexity index is 885. The minimum absolute atomic E-state index is 0.235. The summed E-state index contributed by atoms with van der Waals surface area (Å²) < 4.78 is 5.18. The number of benzene rings is 2. The van der Waals surface area contributed by atoms with Crippen molar-refractivity contribution in [2.45, 2.75) is 45.7 Å². The Morgan fingerprint density at radius 2 is 1.71 bits per heavy atom. The first kappa shape index (κ1) is 24.1. The zero-order valence-corrected chi connectivity index (χ0v) is 18.2. The molecule has 2 aromatic rings. The number of rotatable bonds is 11. The number of nitrogens with zero attached hydrogens (tertiary/aromatic N) is 1. The van der Waals surface area contributed by atoms with Gasteiger partial charge in [0.15, 0.2) is 0 Å². The molecule has 2 unspecified atom stereocenters. The van der Waals surface area contributed by atoms with E-state index in [4.69, 9.17) is 4.74 Å². The van der Waals surface area contributed by atoms with Gasteiger partial charge in [-0.1, -0.05) is 48.5 Å². The molecule has 7 heteroatoms. The Hall–Kier alpha value is -3.19. The third-order valence-electron chi connectivity index (χ3n) is 4.92. The number of anilines is 1. The fraction of sp³-hybridized carbons (Fsp3) is 0.375. The van der Waals surface area contributed by atoms with Gasteiger partial charge in [0.1, 0.15) is 12.6 Å². The van der Waals surface area contributed by atoms with Gasteiger partial charge in [0.2, 0.25) is 5.91 Å². The number of carbonyl (C=O) groups is 3. The van der Waals surface area contributed by atoms with Gasteiger partial charge < -0.3 is 9.84 Å². The molecule has 0 spiro atoms. The summed E-state index contributed by atoms with van der Waals surface area (Å²) in [5.74, 6) is -1.97. The van der Waals surface area contributed by atoms with Crippen LogP contribution in [0.1, 0.15) is 31.4 Å². The van der Waals surface area contributed by atoms with Gasteiger partial charge in [-0.05, 0) is 50.8 Å². The Kier molecular flexibility index (Phi) is 9.21. The first-order valence-corrected chi connectivity index (χ1v) is 10.4. The maximum absolute atomic E-state index is 13.2. The molecule has 0 aromatic heterocycles. The van der Waals surface area contributed by atoms with E-state index >= 15 is 0 Å². The summed E-state index contributed by atoms with van der Waals surface area (Å²) in [6.45, 7) is 4.94. The number of amides is 1. The molecule has 2 rings (SSSR count). The molecule has 0 aliphatic carbocycles. The molecule has 7 nitrogen and oxygen atoms in total. The van der Waals surface area contributed by atoms with Gasteiger partial charge in [-0.25, -0.2) is 0 Å². The van der Waals surface area contributed by atoms with Crippen molar-refractivity contribution in [3.8, 4) is 0 Å². The lowest BCUT2D eigenvalue weighted by atomic mass is 10.0. The van der Waals surface area contributed by atoms with E-state index in [0.29, 0.717) is 18.5 Å². The lowest BCUT2D eigenvalue weighted by molar-refractivity contribution is -0.146. The van der Waals surface area contributed by atoms with Crippen LogP contribution in [0.25, 0.3) is 0 Å². The number of nitrogens with one attached hydrogen (secondary N) is 1. The highest BCUT2D eigenvalue weighted by molar-refractivity contribution is 6.01. The number of para-hydroxylation sites is 1. The minimum Gasteiger partial charge on any atom is -0.480 e. The summed E-state index contributed by atoms with van der Waals surface area (Å²) in [6, 6.07) is 15.4. The molecule has 0 radical (unpaired) electrons. The van der Waals surface area contributed by atoms with Crippen molar-refractivity contribution in [2.24, 2.45) is 0 Å². The highest BCUT2D eigenvalue weighted by Gasteiger charge is 2.29. The first-order chi connectivity index (χ1) is 14.8. The van der Waals surface area contributed by atoms with Gasteiger partial charge in [0, 0.05) is 5.69 Å². The van der Waals surface area contributed by atoms with Crippen molar-refractivity contribution in [2.75, 3.05) is 18.1 Å². The van der Waals surface area contributed by atoms with Crippen molar-refractivity contribution in [1.29, 1.82) is 0 Å². The van der Waals surface area contributed by atoms with Crippen molar-refractivity contribution < 1.29 is 24.2 Å². The summed E-state index contributed by atoms with van der Waals surface area (Å²) in [5.41, 5.74) is 2.39. The van der Waals surface area contributed by atoms with Crippen molar-refractivity contribution >= 4 is 23.5 Å². The van der Waals surface area contributed by atoms with Crippen LogP contribution in [0.4, 0.5) is 5.69 Å². The van der Waals surface area contributed by atoms with Crippen LogP contribution in [0, 0.1) is 6.92 Å². The maximum atomic E-state index is 13.2. The molecule has 166 valence electrons. The van der Waals surface area contributed by atoms with E-state index in [1.165, 1.54) is 4.90 Å². The van der Waals surface area contributed by atoms with E-state index < -0.39 is 36.5 Å².